The zero-order valence-electron chi connectivity index (χ0n) is 27.9. The van der Waals surface area contributed by atoms with Crippen LogP contribution in [-0.4, -0.2) is 35.5 Å². The van der Waals surface area contributed by atoms with Gasteiger partial charge >= 0.3 is 0 Å². The first kappa shape index (κ1) is 32.3. The average Bonchev–Trinajstić information content (AvgIpc) is 3.17. The van der Waals surface area contributed by atoms with Crippen molar-refractivity contribution in [3.8, 4) is 28.7 Å². The van der Waals surface area contributed by atoms with Crippen molar-refractivity contribution in [2.75, 3.05) is 35.5 Å². The summed E-state index contributed by atoms with van der Waals surface area (Å²) in [6, 6.07) is 50.3. The molecule has 0 unspecified atom stereocenters. The summed E-state index contributed by atoms with van der Waals surface area (Å²) in [6.07, 6.45) is 0. The second-order valence-corrected chi connectivity index (χ2v) is 11.3. The van der Waals surface area contributed by atoms with Crippen LogP contribution in [0.5, 0.6) is 28.7 Å². The van der Waals surface area contributed by atoms with Gasteiger partial charge in [-0.3, -0.25) is 0 Å². The molecule has 5 heteroatoms. The zero-order chi connectivity index (χ0) is 33.5. The Morgan fingerprint density at radius 2 is 0.479 bits per heavy atom. The number of rotatable bonds is 12. The molecule has 0 fully saturated rings. The summed E-state index contributed by atoms with van der Waals surface area (Å²) in [7, 11) is 8.43. The van der Waals surface area contributed by atoms with Crippen molar-refractivity contribution in [2.24, 2.45) is 0 Å². The highest BCUT2D eigenvalue weighted by atomic mass is 16.5. The van der Waals surface area contributed by atoms with Crippen molar-refractivity contribution < 1.29 is 23.7 Å². The van der Waals surface area contributed by atoms with E-state index in [1.807, 2.05) is 60.7 Å². The van der Waals surface area contributed by atoms with E-state index in [0.29, 0.717) is 0 Å². The molecule has 0 N–H and O–H groups in total. The molecule has 0 aromatic heterocycles. The number of hydrogen-bond donors (Lipinski definition) is 0. The van der Waals surface area contributed by atoms with Gasteiger partial charge in [-0.05, 0) is 99.6 Å². The van der Waals surface area contributed by atoms with Crippen molar-refractivity contribution in [2.45, 2.75) is 5.41 Å². The van der Waals surface area contributed by atoms with E-state index >= 15 is 0 Å². The molecule has 0 spiro atoms. The predicted octanol–water partition coefficient (Wildman–Crippen LogP) is 9.13. The van der Waals surface area contributed by atoms with Crippen molar-refractivity contribution in [3.05, 3.63) is 190 Å². The molecule has 0 aliphatic heterocycles. The third kappa shape index (κ3) is 6.19. The summed E-state index contributed by atoms with van der Waals surface area (Å²) in [4.78, 5) is 0. The molecule has 0 atom stereocenters. The van der Waals surface area contributed by atoms with Crippen molar-refractivity contribution in [3.63, 3.8) is 0 Å². The Morgan fingerprint density at radius 1 is 0.292 bits per heavy atom. The van der Waals surface area contributed by atoms with Crippen LogP contribution in [-0.2, 0) is 5.41 Å². The van der Waals surface area contributed by atoms with Crippen molar-refractivity contribution in [1.29, 1.82) is 0 Å². The van der Waals surface area contributed by atoms with E-state index in [0.717, 1.165) is 73.6 Å². The van der Waals surface area contributed by atoms with Crippen LogP contribution in [0.2, 0.25) is 0 Å². The fourth-order valence-corrected chi connectivity index (χ4v) is 6.43. The lowest BCUT2D eigenvalue weighted by atomic mass is 9.65. The Hall–Kier alpha value is -5.68. The van der Waals surface area contributed by atoms with Gasteiger partial charge in [-0.1, -0.05) is 84.9 Å². The Labute approximate surface area is 283 Å². The van der Waals surface area contributed by atoms with Crippen LogP contribution < -0.4 is 23.7 Å². The second-order valence-electron chi connectivity index (χ2n) is 11.3. The fourth-order valence-electron chi connectivity index (χ4n) is 6.43. The summed E-state index contributed by atoms with van der Waals surface area (Å²) in [6.45, 7) is 0. The molecule has 0 aliphatic carbocycles. The fraction of sp³-hybridized carbons (Fsp3) is 0.140. The molecule has 0 bridgehead atoms. The van der Waals surface area contributed by atoms with Gasteiger partial charge in [-0.25, -0.2) is 0 Å². The number of methoxy groups -OCH3 is 5. The van der Waals surface area contributed by atoms with Crippen molar-refractivity contribution in [1.82, 2.24) is 0 Å². The summed E-state index contributed by atoms with van der Waals surface area (Å²) in [5.41, 5.74) is 6.98. The normalized spacial score (nSPS) is 11.2. The Morgan fingerprint density at radius 3 is 0.708 bits per heavy atom. The lowest BCUT2D eigenvalue weighted by Crippen LogP contribution is -2.31. The first-order chi connectivity index (χ1) is 23.5. The number of hydrogen-bond acceptors (Lipinski definition) is 5. The molecule has 0 saturated heterocycles. The molecule has 1 radical (unpaired) electrons. The van der Waals surface area contributed by atoms with Crippen LogP contribution in [0.4, 0.5) is 0 Å². The summed E-state index contributed by atoms with van der Waals surface area (Å²) >= 11 is 0. The SMILES string of the molecule is COc1ccc([C](c2ccc(OC)cc2)c2ccc(C(c3ccc(OC)cc3)(c3ccc(OC)cc3)c3ccc(OC)cc3)cc2)cc1. The highest BCUT2D eigenvalue weighted by Crippen LogP contribution is 2.47. The van der Waals surface area contributed by atoms with E-state index in [1.54, 1.807) is 35.5 Å². The molecule has 241 valence electrons. The zero-order valence-corrected chi connectivity index (χ0v) is 27.9. The minimum atomic E-state index is -0.677. The lowest BCUT2D eigenvalue weighted by Gasteiger charge is -2.37. The minimum Gasteiger partial charge on any atom is -0.497 e. The average molecular weight is 636 g/mol. The molecule has 6 rings (SSSR count). The highest BCUT2D eigenvalue weighted by Gasteiger charge is 2.39. The maximum atomic E-state index is 5.56. The molecule has 0 amide bonds. The molecule has 6 aromatic carbocycles. The molecule has 48 heavy (non-hydrogen) atoms. The largest absolute Gasteiger partial charge is 0.497 e. The first-order valence-electron chi connectivity index (χ1n) is 15.7. The topological polar surface area (TPSA) is 46.2 Å². The first-order valence-corrected chi connectivity index (χ1v) is 15.7. The predicted molar refractivity (Wildman–Crippen MR) is 191 cm³/mol. The van der Waals surface area contributed by atoms with Gasteiger partial charge in [0.2, 0.25) is 0 Å². The van der Waals surface area contributed by atoms with Gasteiger partial charge in [0.1, 0.15) is 28.7 Å². The Bertz CT molecular complexity index is 1730. The summed E-state index contributed by atoms with van der Waals surface area (Å²) in [5, 5.41) is 0. The van der Waals surface area contributed by atoms with Gasteiger partial charge in [0.05, 0.1) is 46.9 Å². The van der Waals surface area contributed by atoms with Gasteiger partial charge in [0.25, 0.3) is 0 Å². The van der Waals surface area contributed by atoms with E-state index in [-0.39, 0.29) is 0 Å². The smallest absolute Gasteiger partial charge is 0.118 e. The number of ether oxygens (including phenoxy) is 5. The van der Waals surface area contributed by atoms with E-state index in [9.17, 15) is 0 Å². The van der Waals surface area contributed by atoms with E-state index < -0.39 is 5.41 Å². The highest BCUT2D eigenvalue weighted by molar-refractivity contribution is 5.64. The molecular formula is C43H39O5. The van der Waals surface area contributed by atoms with Crippen LogP contribution in [0.25, 0.3) is 0 Å². The minimum absolute atomic E-state index is 0.677. The summed E-state index contributed by atoms with van der Waals surface area (Å²) in [5.74, 6) is 5.12. The van der Waals surface area contributed by atoms with E-state index in [1.165, 1.54) is 0 Å². The molecule has 6 aromatic rings. The molecule has 0 aliphatic rings. The van der Waals surface area contributed by atoms with E-state index in [2.05, 4.69) is 84.9 Å². The van der Waals surface area contributed by atoms with Crippen LogP contribution in [0.1, 0.15) is 38.9 Å². The van der Waals surface area contributed by atoms with E-state index in [4.69, 9.17) is 23.7 Å². The summed E-state index contributed by atoms with van der Waals surface area (Å²) < 4.78 is 27.6. The van der Waals surface area contributed by atoms with Crippen LogP contribution in [0.3, 0.4) is 0 Å². The maximum Gasteiger partial charge on any atom is 0.118 e. The van der Waals surface area contributed by atoms with Gasteiger partial charge in [-0.15, -0.1) is 0 Å². The van der Waals surface area contributed by atoms with Crippen LogP contribution >= 0.6 is 0 Å². The lowest BCUT2D eigenvalue weighted by molar-refractivity contribution is 0.414. The standard InChI is InChI=1S/C43H39O5/c1-44-37-20-8-31(9-21-37)42(32-10-22-38(45-2)23-11-32)30-6-12-33(13-7-30)43(34-14-24-39(46-3)25-15-34,35-16-26-40(47-4)27-17-35)36-18-28-41(48-5)29-19-36/h6-29H,1-5H3. The van der Waals surface area contributed by atoms with Gasteiger partial charge < -0.3 is 23.7 Å². The Balaban J connectivity index is 1.56. The monoisotopic (exact) mass is 635 g/mol. The van der Waals surface area contributed by atoms with Gasteiger partial charge in [0.15, 0.2) is 0 Å². The van der Waals surface area contributed by atoms with Gasteiger partial charge in [-0.2, -0.15) is 0 Å². The molecule has 5 nitrogen and oxygen atoms in total. The molecule has 0 saturated carbocycles. The van der Waals surface area contributed by atoms with Crippen molar-refractivity contribution >= 4 is 0 Å². The quantitative estimate of drug-likeness (QED) is 0.126. The molecule has 0 heterocycles. The Kier molecular flexibility index (Phi) is 9.67. The van der Waals surface area contributed by atoms with Crippen LogP contribution in [0.15, 0.2) is 146 Å². The number of benzene rings is 6. The van der Waals surface area contributed by atoms with Crippen LogP contribution in [0, 0.1) is 5.92 Å². The third-order valence-corrected chi connectivity index (χ3v) is 8.93. The molecular weight excluding hydrogens is 596 g/mol. The maximum absolute atomic E-state index is 5.56. The van der Waals surface area contributed by atoms with Gasteiger partial charge in [0, 0.05) is 0 Å². The second kappa shape index (κ2) is 14.4. The third-order valence-electron chi connectivity index (χ3n) is 8.93.